The minimum atomic E-state index is -4.76. The van der Waals surface area contributed by atoms with Crippen LogP contribution in [0.5, 0.6) is 0 Å². The summed E-state index contributed by atoms with van der Waals surface area (Å²) >= 11 is 0. The third-order valence-electron chi connectivity index (χ3n) is 6.62. The van der Waals surface area contributed by atoms with Gasteiger partial charge in [0.25, 0.3) is 5.91 Å². The fourth-order valence-electron chi connectivity index (χ4n) is 4.83. The number of hydrogen-bond donors (Lipinski definition) is 2. The van der Waals surface area contributed by atoms with Crippen LogP contribution in [-0.2, 0) is 41.9 Å². The normalized spacial score (nSPS) is 13.6. The Morgan fingerprint density at radius 3 is 2.48 bits per heavy atom. The predicted molar refractivity (Wildman–Crippen MR) is 135 cm³/mol. The molecule has 14 heteroatoms. The number of primary amides is 1. The van der Waals surface area contributed by atoms with E-state index in [-0.39, 0.29) is 42.1 Å². The van der Waals surface area contributed by atoms with Crippen molar-refractivity contribution in [1.82, 2.24) is 20.1 Å². The second-order valence-electron chi connectivity index (χ2n) is 9.52. The van der Waals surface area contributed by atoms with E-state index >= 15 is 0 Å². The predicted octanol–water partition coefficient (Wildman–Crippen LogP) is 4.61. The zero-order chi connectivity index (χ0) is 30.2. The van der Waals surface area contributed by atoms with Crippen LogP contribution in [0.25, 0.3) is 11.1 Å². The summed E-state index contributed by atoms with van der Waals surface area (Å²) in [5, 5.41) is 6.26. The number of pyridine rings is 1. The largest absolute Gasteiger partial charge is 0.435 e. The van der Waals surface area contributed by atoms with Crippen LogP contribution in [0.4, 0.5) is 26.3 Å². The molecule has 0 aliphatic carbocycles. The van der Waals surface area contributed by atoms with Gasteiger partial charge in [0.1, 0.15) is 24.0 Å². The SMILES string of the molecule is NC(=O)c1cc(-c2cccnc2[C@H](Cc2cc(F)cc(F)c2)NC(=O)Cn2nc(C(F)(F)F)c3c2COC3)ccc1F. The maximum atomic E-state index is 14.2. The first-order valence-corrected chi connectivity index (χ1v) is 12.4. The van der Waals surface area contributed by atoms with Crippen molar-refractivity contribution in [2.75, 3.05) is 0 Å². The van der Waals surface area contributed by atoms with Crippen molar-refractivity contribution in [2.24, 2.45) is 5.73 Å². The second-order valence-corrected chi connectivity index (χ2v) is 9.52. The average molecular weight is 589 g/mol. The highest BCUT2D eigenvalue weighted by Crippen LogP contribution is 2.36. The first kappa shape index (κ1) is 28.8. The molecule has 3 heterocycles. The molecule has 1 atom stereocenters. The smallest absolute Gasteiger partial charge is 0.370 e. The molecule has 0 saturated heterocycles. The van der Waals surface area contributed by atoms with Crippen molar-refractivity contribution in [3.8, 4) is 11.1 Å². The highest BCUT2D eigenvalue weighted by molar-refractivity contribution is 5.94. The van der Waals surface area contributed by atoms with E-state index in [1.165, 1.54) is 18.3 Å². The van der Waals surface area contributed by atoms with Gasteiger partial charge in [-0.25, -0.2) is 13.2 Å². The standard InChI is InChI=1S/C28H21F6N5O3/c29-16-6-14(7-17(30)10-16)8-22(25-18(2-1-5-36-25)15-3-4-21(31)19(9-15)27(35)41)37-24(40)11-39-23-13-42-12-20(23)26(38-39)28(32,33)34/h1-7,9-10,22H,8,11-13H2,(H2,35,41)(H,37,40)/t22-/m0/s1. The zero-order valence-electron chi connectivity index (χ0n) is 21.5. The highest BCUT2D eigenvalue weighted by Gasteiger charge is 2.41. The van der Waals surface area contributed by atoms with E-state index < -0.39 is 59.3 Å². The number of carbonyl (C=O) groups is 2. The lowest BCUT2D eigenvalue weighted by Gasteiger charge is -2.22. The van der Waals surface area contributed by atoms with E-state index in [1.54, 1.807) is 12.1 Å². The summed E-state index contributed by atoms with van der Waals surface area (Å²) in [6.45, 7) is -1.10. The average Bonchev–Trinajstić information content (AvgIpc) is 3.51. The Morgan fingerprint density at radius 1 is 1.05 bits per heavy atom. The fraction of sp³-hybridized carbons (Fsp3) is 0.214. The Kier molecular flexibility index (Phi) is 7.73. The van der Waals surface area contributed by atoms with E-state index in [2.05, 4.69) is 15.4 Å². The molecule has 2 aromatic heterocycles. The van der Waals surface area contributed by atoms with Gasteiger partial charge in [-0.1, -0.05) is 12.1 Å². The minimum Gasteiger partial charge on any atom is -0.370 e. The molecule has 0 unspecified atom stereocenters. The van der Waals surface area contributed by atoms with Crippen molar-refractivity contribution in [3.63, 3.8) is 0 Å². The van der Waals surface area contributed by atoms with Crippen LogP contribution in [0, 0.1) is 17.5 Å². The first-order chi connectivity index (χ1) is 19.9. The van der Waals surface area contributed by atoms with Gasteiger partial charge in [0, 0.05) is 23.4 Å². The molecule has 0 spiro atoms. The number of carbonyl (C=O) groups excluding carboxylic acids is 2. The maximum absolute atomic E-state index is 14.2. The molecule has 8 nitrogen and oxygen atoms in total. The molecule has 4 aromatic rings. The third kappa shape index (κ3) is 5.98. The Labute approximate surface area is 234 Å². The minimum absolute atomic E-state index is 0.102. The van der Waals surface area contributed by atoms with Gasteiger partial charge in [-0.2, -0.15) is 18.3 Å². The summed E-state index contributed by atoms with van der Waals surface area (Å²) in [5.74, 6) is -4.39. The summed E-state index contributed by atoms with van der Waals surface area (Å²) in [4.78, 5) is 29.3. The van der Waals surface area contributed by atoms with Crippen LogP contribution >= 0.6 is 0 Å². The zero-order valence-corrected chi connectivity index (χ0v) is 21.5. The van der Waals surface area contributed by atoms with Gasteiger partial charge in [-0.05, 0) is 47.9 Å². The Hall–Kier alpha value is -4.72. The summed E-state index contributed by atoms with van der Waals surface area (Å²) in [5.41, 5.74) is 4.62. The molecule has 0 radical (unpaired) electrons. The van der Waals surface area contributed by atoms with E-state index in [9.17, 15) is 35.9 Å². The lowest BCUT2D eigenvalue weighted by Crippen LogP contribution is -2.34. The van der Waals surface area contributed by atoms with Crippen LogP contribution < -0.4 is 11.1 Å². The van der Waals surface area contributed by atoms with Crippen molar-refractivity contribution >= 4 is 11.8 Å². The Balaban J connectivity index is 1.52. The number of nitrogens with one attached hydrogen (secondary N) is 1. The van der Waals surface area contributed by atoms with Gasteiger partial charge < -0.3 is 15.8 Å². The molecule has 0 bridgehead atoms. The van der Waals surface area contributed by atoms with Gasteiger partial charge in [0.15, 0.2) is 5.69 Å². The van der Waals surface area contributed by atoms with Crippen LogP contribution in [0.3, 0.4) is 0 Å². The lowest BCUT2D eigenvalue weighted by molar-refractivity contribution is -0.143. The number of amides is 2. The van der Waals surface area contributed by atoms with Crippen molar-refractivity contribution in [1.29, 1.82) is 0 Å². The monoisotopic (exact) mass is 589 g/mol. The topological polar surface area (TPSA) is 112 Å². The highest BCUT2D eigenvalue weighted by atomic mass is 19.4. The van der Waals surface area contributed by atoms with E-state index in [1.807, 2.05) is 0 Å². The Bertz CT molecular complexity index is 1670. The number of nitrogens with zero attached hydrogens (tertiary/aromatic N) is 3. The van der Waals surface area contributed by atoms with Crippen molar-refractivity contribution in [3.05, 3.63) is 106 Å². The second kappa shape index (κ2) is 11.3. The molecule has 1 aliphatic heterocycles. The number of alkyl halides is 3. The number of fused-ring (bicyclic) bond motifs is 1. The third-order valence-corrected chi connectivity index (χ3v) is 6.62. The van der Waals surface area contributed by atoms with Gasteiger partial charge >= 0.3 is 6.18 Å². The van der Waals surface area contributed by atoms with Crippen LogP contribution in [0.2, 0.25) is 0 Å². The van der Waals surface area contributed by atoms with Gasteiger partial charge in [0.2, 0.25) is 5.91 Å². The molecular weight excluding hydrogens is 568 g/mol. The summed E-state index contributed by atoms with van der Waals surface area (Å²) in [7, 11) is 0. The summed E-state index contributed by atoms with van der Waals surface area (Å²) in [6.07, 6.45) is -3.57. The molecule has 218 valence electrons. The Morgan fingerprint density at radius 2 is 1.79 bits per heavy atom. The van der Waals surface area contributed by atoms with Gasteiger partial charge in [-0.15, -0.1) is 0 Å². The first-order valence-electron chi connectivity index (χ1n) is 12.4. The number of rotatable bonds is 8. The number of halogens is 6. The van der Waals surface area contributed by atoms with Crippen LogP contribution in [-0.4, -0.2) is 26.6 Å². The number of ether oxygens (including phenoxy) is 1. The van der Waals surface area contributed by atoms with Crippen molar-refractivity contribution in [2.45, 2.75) is 38.4 Å². The molecular formula is C28H21F6N5O3. The molecule has 2 aromatic carbocycles. The number of hydrogen-bond acceptors (Lipinski definition) is 5. The lowest BCUT2D eigenvalue weighted by atomic mass is 9.94. The molecule has 5 rings (SSSR count). The summed E-state index contributed by atoms with van der Waals surface area (Å²) < 4.78 is 88.7. The number of aromatic nitrogens is 3. The quantitative estimate of drug-likeness (QED) is 0.292. The van der Waals surface area contributed by atoms with Crippen LogP contribution in [0.15, 0.2) is 54.7 Å². The molecule has 0 fully saturated rings. The van der Waals surface area contributed by atoms with Gasteiger partial charge in [0.05, 0.1) is 36.2 Å². The number of nitrogens with two attached hydrogens (primary N) is 1. The molecule has 3 N–H and O–H groups in total. The molecule has 42 heavy (non-hydrogen) atoms. The molecule has 1 aliphatic rings. The number of benzene rings is 2. The van der Waals surface area contributed by atoms with Crippen LogP contribution in [0.1, 0.15) is 44.6 Å². The van der Waals surface area contributed by atoms with E-state index in [4.69, 9.17) is 10.5 Å². The van der Waals surface area contributed by atoms with E-state index in [0.29, 0.717) is 17.2 Å². The van der Waals surface area contributed by atoms with Gasteiger partial charge in [-0.3, -0.25) is 19.3 Å². The molecule has 2 amide bonds. The molecule has 0 saturated carbocycles. The summed E-state index contributed by atoms with van der Waals surface area (Å²) in [6, 6.07) is 8.39. The van der Waals surface area contributed by atoms with Crippen molar-refractivity contribution < 1.29 is 40.7 Å². The maximum Gasteiger partial charge on any atom is 0.435 e. The fourth-order valence-corrected chi connectivity index (χ4v) is 4.83. The van der Waals surface area contributed by atoms with E-state index in [0.717, 1.165) is 22.9 Å².